The Bertz CT molecular complexity index is 943. The number of hydrogen-bond acceptors (Lipinski definition) is 3. The van der Waals surface area contributed by atoms with Crippen molar-refractivity contribution in [3.05, 3.63) is 64.7 Å². The molecule has 4 nitrogen and oxygen atoms in total. The number of aryl methyl sites for hydroxylation is 1. The van der Waals surface area contributed by atoms with Crippen LogP contribution in [0.4, 0.5) is 5.69 Å². The Hall–Kier alpha value is -2.88. The van der Waals surface area contributed by atoms with Crippen molar-refractivity contribution in [3.8, 4) is 5.75 Å². The first-order valence-corrected chi connectivity index (χ1v) is 10.4. The lowest BCUT2D eigenvalue weighted by atomic mass is 9.94. The standard InChI is InChI=1S/C25H30N2O2/c1-6-11-23-22(25(28)27(26-23)20-12-9-8-10-13-20)16-19-15-21(17(3)4)24(29-7-2)14-18(19)5/h8-10,12-17H,6-7,11H2,1-5H3/b22-16+. The van der Waals surface area contributed by atoms with Crippen LogP contribution >= 0.6 is 0 Å². The van der Waals surface area contributed by atoms with Crippen LogP contribution in [-0.4, -0.2) is 18.2 Å². The van der Waals surface area contributed by atoms with Crippen molar-refractivity contribution in [3.63, 3.8) is 0 Å². The number of benzene rings is 2. The van der Waals surface area contributed by atoms with Crippen molar-refractivity contribution in [1.29, 1.82) is 0 Å². The summed E-state index contributed by atoms with van der Waals surface area (Å²) in [6.45, 7) is 11.1. The second-order valence-corrected chi connectivity index (χ2v) is 7.64. The van der Waals surface area contributed by atoms with Crippen LogP contribution in [0, 0.1) is 6.92 Å². The fourth-order valence-electron chi connectivity index (χ4n) is 3.53. The molecule has 3 rings (SSSR count). The summed E-state index contributed by atoms with van der Waals surface area (Å²) in [6, 6.07) is 13.8. The minimum atomic E-state index is -0.0703. The van der Waals surface area contributed by atoms with E-state index in [2.05, 4.69) is 44.9 Å². The molecule has 0 saturated heterocycles. The molecule has 152 valence electrons. The van der Waals surface area contributed by atoms with E-state index in [1.807, 2.05) is 43.3 Å². The van der Waals surface area contributed by atoms with Crippen LogP contribution in [0.2, 0.25) is 0 Å². The van der Waals surface area contributed by atoms with E-state index in [-0.39, 0.29) is 5.91 Å². The zero-order valence-corrected chi connectivity index (χ0v) is 18.0. The number of para-hydroxylation sites is 1. The van der Waals surface area contributed by atoms with E-state index in [4.69, 9.17) is 4.74 Å². The highest BCUT2D eigenvalue weighted by Crippen LogP contribution is 2.32. The molecule has 1 heterocycles. The van der Waals surface area contributed by atoms with Gasteiger partial charge in [-0.15, -0.1) is 0 Å². The van der Waals surface area contributed by atoms with E-state index in [0.717, 1.165) is 46.7 Å². The maximum Gasteiger partial charge on any atom is 0.280 e. The molecule has 1 amide bonds. The molecule has 0 aromatic heterocycles. The average Bonchev–Trinajstić information content (AvgIpc) is 3.00. The third kappa shape index (κ3) is 4.42. The van der Waals surface area contributed by atoms with Gasteiger partial charge in [0.25, 0.3) is 5.91 Å². The first kappa shape index (κ1) is 20.8. The first-order chi connectivity index (χ1) is 14.0. The topological polar surface area (TPSA) is 41.9 Å². The van der Waals surface area contributed by atoms with Crippen molar-refractivity contribution in [1.82, 2.24) is 0 Å². The van der Waals surface area contributed by atoms with E-state index in [9.17, 15) is 4.79 Å². The molecule has 1 aliphatic heterocycles. The molecule has 29 heavy (non-hydrogen) atoms. The zero-order valence-electron chi connectivity index (χ0n) is 18.0. The van der Waals surface area contributed by atoms with Gasteiger partial charge >= 0.3 is 0 Å². The number of rotatable bonds is 7. The minimum absolute atomic E-state index is 0.0703. The van der Waals surface area contributed by atoms with Gasteiger partial charge in [-0.3, -0.25) is 4.79 Å². The summed E-state index contributed by atoms with van der Waals surface area (Å²) in [4.78, 5) is 13.2. The predicted octanol–water partition coefficient (Wildman–Crippen LogP) is 6.10. The number of carbonyl (C=O) groups excluding carboxylic acids is 1. The summed E-state index contributed by atoms with van der Waals surface area (Å²) in [5.74, 6) is 1.19. The lowest BCUT2D eigenvalue weighted by Gasteiger charge is -2.16. The molecule has 1 aliphatic rings. The van der Waals surface area contributed by atoms with Gasteiger partial charge in [0.2, 0.25) is 0 Å². The average molecular weight is 391 g/mol. The Morgan fingerprint density at radius 2 is 1.86 bits per heavy atom. The van der Waals surface area contributed by atoms with Gasteiger partial charge < -0.3 is 4.74 Å². The van der Waals surface area contributed by atoms with Crippen LogP contribution in [0.3, 0.4) is 0 Å². The van der Waals surface area contributed by atoms with Gasteiger partial charge in [0.05, 0.1) is 23.6 Å². The molecule has 0 spiro atoms. The van der Waals surface area contributed by atoms with Gasteiger partial charge in [-0.1, -0.05) is 45.4 Å². The quantitative estimate of drug-likeness (QED) is 0.536. The van der Waals surface area contributed by atoms with E-state index < -0.39 is 0 Å². The van der Waals surface area contributed by atoms with Gasteiger partial charge in [-0.05, 0) is 73.2 Å². The third-order valence-electron chi connectivity index (χ3n) is 5.06. The summed E-state index contributed by atoms with van der Waals surface area (Å²) in [6.07, 6.45) is 3.70. The van der Waals surface area contributed by atoms with Crippen LogP contribution in [0.5, 0.6) is 5.75 Å². The second-order valence-electron chi connectivity index (χ2n) is 7.64. The maximum atomic E-state index is 13.2. The van der Waals surface area contributed by atoms with Crippen molar-refractivity contribution in [2.24, 2.45) is 5.10 Å². The molecule has 0 N–H and O–H groups in total. The number of ether oxygens (including phenoxy) is 1. The van der Waals surface area contributed by atoms with Crippen LogP contribution in [0.1, 0.15) is 63.1 Å². The number of hydrogen-bond donors (Lipinski definition) is 0. The fourth-order valence-corrected chi connectivity index (χ4v) is 3.53. The molecule has 0 radical (unpaired) electrons. The summed E-state index contributed by atoms with van der Waals surface area (Å²) < 4.78 is 5.84. The van der Waals surface area contributed by atoms with Gasteiger partial charge in [-0.2, -0.15) is 10.1 Å². The molecule has 0 aliphatic carbocycles. The summed E-state index contributed by atoms with van der Waals surface area (Å²) >= 11 is 0. The summed E-state index contributed by atoms with van der Waals surface area (Å²) in [5.41, 5.74) is 5.61. The molecular formula is C25H30N2O2. The highest BCUT2D eigenvalue weighted by molar-refractivity contribution is 6.32. The minimum Gasteiger partial charge on any atom is -0.494 e. The van der Waals surface area contributed by atoms with Crippen LogP contribution < -0.4 is 9.75 Å². The number of nitrogens with zero attached hydrogens (tertiary/aromatic N) is 2. The molecule has 4 heteroatoms. The van der Waals surface area contributed by atoms with Crippen LogP contribution in [0.15, 0.2) is 53.1 Å². The fraction of sp³-hybridized carbons (Fsp3) is 0.360. The summed E-state index contributed by atoms with van der Waals surface area (Å²) in [5, 5.41) is 6.17. The Labute approximate surface area is 173 Å². The van der Waals surface area contributed by atoms with Crippen molar-refractivity contribution in [2.75, 3.05) is 11.6 Å². The van der Waals surface area contributed by atoms with Gasteiger partial charge in [0.1, 0.15) is 5.75 Å². The third-order valence-corrected chi connectivity index (χ3v) is 5.06. The number of carbonyl (C=O) groups is 1. The van der Waals surface area contributed by atoms with Crippen molar-refractivity contribution >= 4 is 23.4 Å². The van der Waals surface area contributed by atoms with Crippen LogP contribution in [-0.2, 0) is 4.79 Å². The van der Waals surface area contributed by atoms with Crippen molar-refractivity contribution in [2.45, 2.75) is 53.4 Å². The smallest absolute Gasteiger partial charge is 0.280 e. The zero-order chi connectivity index (χ0) is 21.0. The van der Waals surface area contributed by atoms with Gasteiger partial charge in [-0.25, -0.2) is 0 Å². The number of anilines is 1. The molecule has 2 aromatic carbocycles. The van der Waals surface area contributed by atoms with Crippen LogP contribution in [0.25, 0.3) is 6.08 Å². The highest BCUT2D eigenvalue weighted by Gasteiger charge is 2.30. The Morgan fingerprint density at radius 3 is 2.48 bits per heavy atom. The molecule has 0 atom stereocenters. The van der Waals surface area contributed by atoms with E-state index in [1.165, 1.54) is 5.01 Å². The molecule has 0 fully saturated rings. The normalized spacial score (nSPS) is 15.4. The number of amides is 1. The highest BCUT2D eigenvalue weighted by atomic mass is 16.5. The van der Waals surface area contributed by atoms with E-state index >= 15 is 0 Å². The Kier molecular flexibility index (Phi) is 6.53. The van der Waals surface area contributed by atoms with Gasteiger partial charge in [0.15, 0.2) is 0 Å². The SMILES string of the molecule is CCCC1=NN(c2ccccc2)C(=O)/C1=C/c1cc(C(C)C)c(OCC)cc1C. The molecule has 2 aromatic rings. The summed E-state index contributed by atoms with van der Waals surface area (Å²) in [7, 11) is 0. The molecule has 0 bridgehead atoms. The van der Waals surface area contributed by atoms with E-state index in [0.29, 0.717) is 18.1 Å². The second kappa shape index (κ2) is 9.08. The Morgan fingerprint density at radius 1 is 1.14 bits per heavy atom. The lowest BCUT2D eigenvalue weighted by molar-refractivity contribution is -0.114. The number of hydrazone groups is 1. The molecule has 0 unspecified atom stereocenters. The largest absolute Gasteiger partial charge is 0.494 e. The molecular weight excluding hydrogens is 360 g/mol. The molecule has 0 saturated carbocycles. The predicted molar refractivity (Wildman–Crippen MR) is 121 cm³/mol. The van der Waals surface area contributed by atoms with Crippen molar-refractivity contribution < 1.29 is 9.53 Å². The first-order valence-electron chi connectivity index (χ1n) is 10.4. The maximum absolute atomic E-state index is 13.2. The van der Waals surface area contributed by atoms with E-state index in [1.54, 1.807) is 0 Å². The van der Waals surface area contributed by atoms with Gasteiger partial charge in [0, 0.05) is 0 Å². The Balaban J connectivity index is 2.05. The monoisotopic (exact) mass is 390 g/mol. The lowest BCUT2D eigenvalue weighted by Crippen LogP contribution is -2.21.